The average Bonchev–Trinajstić information content (AvgIpc) is 2.65. The van der Waals surface area contributed by atoms with Gasteiger partial charge < -0.3 is 9.84 Å². The first-order chi connectivity index (χ1) is 6.79. The van der Waals surface area contributed by atoms with Crippen LogP contribution in [0.5, 0.6) is 0 Å². The van der Waals surface area contributed by atoms with Gasteiger partial charge in [0, 0.05) is 27.9 Å². The Morgan fingerprint density at radius 3 is 3.00 bits per heavy atom. The third-order valence-electron chi connectivity index (χ3n) is 2.60. The van der Waals surface area contributed by atoms with E-state index in [0.29, 0.717) is 6.61 Å². The topological polar surface area (TPSA) is 29.5 Å². The average molecular weight is 277 g/mol. The van der Waals surface area contributed by atoms with Crippen molar-refractivity contribution in [2.45, 2.75) is 18.9 Å². The minimum Gasteiger partial charge on any atom is -0.388 e. The van der Waals surface area contributed by atoms with E-state index in [0.717, 1.165) is 29.5 Å². The van der Waals surface area contributed by atoms with Crippen molar-refractivity contribution < 1.29 is 9.84 Å². The second-order valence-electron chi connectivity index (χ2n) is 3.60. The molecule has 0 aromatic carbocycles. The van der Waals surface area contributed by atoms with Crippen LogP contribution in [0.25, 0.3) is 0 Å². The first kappa shape index (κ1) is 10.6. The number of aliphatic hydroxyl groups is 1. The molecule has 1 aliphatic heterocycles. The zero-order valence-corrected chi connectivity index (χ0v) is 10.2. The molecule has 1 aliphatic rings. The molecule has 2 rings (SSSR count). The van der Waals surface area contributed by atoms with Gasteiger partial charge in [0.25, 0.3) is 0 Å². The number of rotatable bonds is 2. The highest BCUT2D eigenvalue weighted by Gasteiger charge is 2.25. The summed E-state index contributed by atoms with van der Waals surface area (Å²) in [6, 6.07) is 0. The van der Waals surface area contributed by atoms with Crippen LogP contribution in [0, 0.1) is 5.92 Å². The normalized spacial score (nSPS) is 24.9. The van der Waals surface area contributed by atoms with E-state index in [4.69, 9.17) is 4.74 Å². The molecule has 0 saturated carbocycles. The largest absolute Gasteiger partial charge is 0.388 e. The minimum absolute atomic E-state index is 0.259. The number of hydrogen-bond donors (Lipinski definition) is 1. The van der Waals surface area contributed by atoms with E-state index >= 15 is 0 Å². The predicted molar refractivity (Wildman–Crippen MR) is 60.5 cm³/mol. The van der Waals surface area contributed by atoms with Crippen LogP contribution in [-0.2, 0) is 4.74 Å². The summed E-state index contributed by atoms with van der Waals surface area (Å²) in [6.07, 6.45) is 1.74. The molecule has 0 radical (unpaired) electrons. The summed E-state index contributed by atoms with van der Waals surface area (Å²) in [6.45, 7) is 1.53. The lowest BCUT2D eigenvalue weighted by Crippen LogP contribution is -2.23. The third kappa shape index (κ3) is 2.19. The maximum Gasteiger partial charge on any atom is 0.0859 e. The Morgan fingerprint density at radius 1 is 1.57 bits per heavy atom. The van der Waals surface area contributed by atoms with Gasteiger partial charge in [-0.2, -0.15) is 11.3 Å². The molecule has 1 fully saturated rings. The Bertz CT molecular complexity index is 294. The van der Waals surface area contributed by atoms with Crippen LogP contribution in [0.1, 0.15) is 24.5 Å². The van der Waals surface area contributed by atoms with Crippen molar-refractivity contribution >= 4 is 27.3 Å². The van der Waals surface area contributed by atoms with Gasteiger partial charge in [0.1, 0.15) is 0 Å². The van der Waals surface area contributed by atoms with Crippen LogP contribution >= 0.6 is 27.3 Å². The molecule has 1 N–H and O–H groups in total. The number of hydrogen-bond acceptors (Lipinski definition) is 3. The van der Waals surface area contributed by atoms with Crippen LogP contribution in [0.4, 0.5) is 0 Å². The fraction of sp³-hybridized carbons (Fsp3) is 0.600. The van der Waals surface area contributed by atoms with Crippen LogP contribution in [0.2, 0.25) is 0 Å². The van der Waals surface area contributed by atoms with E-state index in [2.05, 4.69) is 15.9 Å². The van der Waals surface area contributed by atoms with Crippen molar-refractivity contribution in [1.29, 1.82) is 0 Å². The van der Waals surface area contributed by atoms with Crippen LogP contribution in [-0.4, -0.2) is 18.3 Å². The van der Waals surface area contributed by atoms with Gasteiger partial charge in [-0.25, -0.2) is 0 Å². The van der Waals surface area contributed by atoms with E-state index in [1.807, 2.05) is 10.8 Å². The summed E-state index contributed by atoms with van der Waals surface area (Å²) in [7, 11) is 0. The highest BCUT2D eigenvalue weighted by Crippen LogP contribution is 2.34. The molecule has 14 heavy (non-hydrogen) atoms. The van der Waals surface area contributed by atoms with E-state index in [1.54, 1.807) is 11.3 Å². The lowest BCUT2D eigenvalue weighted by atomic mass is 9.92. The van der Waals surface area contributed by atoms with Crippen LogP contribution < -0.4 is 0 Å². The number of halogens is 1. The molecule has 0 spiro atoms. The Balaban J connectivity index is 2.07. The molecule has 2 nitrogen and oxygen atoms in total. The van der Waals surface area contributed by atoms with Gasteiger partial charge in [-0.3, -0.25) is 0 Å². The smallest absolute Gasteiger partial charge is 0.0859 e. The minimum atomic E-state index is -0.379. The van der Waals surface area contributed by atoms with Gasteiger partial charge >= 0.3 is 0 Å². The Labute approximate surface area is 96.0 Å². The lowest BCUT2D eigenvalue weighted by molar-refractivity contribution is -0.0101. The van der Waals surface area contributed by atoms with Gasteiger partial charge in [-0.1, -0.05) is 0 Å². The van der Waals surface area contributed by atoms with Gasteiger partial charge in [0.2, 0.25) is 0 Å². The highest BCUT2D eigenvalue weighted by molar-refractivity contribution is 9.10. The van der Waals surface area contributed by atoms with Crippen LogP contribution in [0.15, 0.2) is 15.2 Å². The first-order valence-corrected chi connectivity index (χ1v) is 6.50. The van der Waals surface area contributed by atoms with Crippen LogP contribution in [0.3, 0.4) is 0 Å². The molecule has 78 valence electrons. The Kier molecular flexibility index (Phi) is 3.60. The summed E-state index contributed by atoms with van der Waals surface area (Å²) < 4.78 is 6.38. The van der Waals surface area contributed by atoms with Crippen molar-refractivity contribution in [2.24, 2.45) is 5.92 Å². The van der Waals surface area contributed by atoms with Gasteiger partial charge in [0.05, 0.1) is 12.7 Å². The monoisotopic (exact) mass is 276 g/mol. The molecule has 0 bridgehead atoms. The van der Waals surface area contributed by atoms with Gasteiger partial charge in [-0.15, -0.1) is 0 Å². The van der Waals surface area contributed by atoms with Gasteiger partial charge in [0.15, 0.2) is 0 Å². The van der Waals surface area contributed by atoms with Gasteiger partial charge in [-0.05, 0) is 34.2 Å². The summed E-state index contributed by atoms with van der Waals surface area (Å²) in [4.78, 5) is 0. The zero-order chi connectivity index (χ0) is 9.97. The number of ether oxygens (including phenoxy) is 1. The Hall–Kier alpha value is 0.1000. The molecule has 0 aliphatic carbocycles. The molecular formula is C10H13BrO2S. The Morgan fingerprint density at radius 2 is 2.43 bits per heavy atom. The molecule has 2 atom stereocenters. The van der Waals surface area contributed by atoms with Crippen molar-refractivity contribution in [3.05, 3.63) is 20.8 Å². The molecule has 1 aromatic heterocycles. The SMILES string of the molecule is OC(c1cscc1Br)C1CCCOC1. The molecule has 2 heterocycles. The van der Waals surface area contributed by atoms with E-state index in [-0.39, 0.29) is 12.0 Å². The standard InChI is InChI=1S/C10H13BrO2S/c11-9-6-14-5-8(9)10(12)7-2-1-3-13-4-7/h5-7,10,12H,1-4H2. The van der Waals surface area contributed by atoms with E-state index in [1.165, 1.54) is 0 Å². The van der Waals surface area contributed by atoms with E-state index in [9.17, 15) is 5.11 Å². The fourth-order valence-corrected chi connectivity index (χ4v) is 3.33. The lowest BCUT2D eigenvalue weighted by Gasteiger charge is -2.26. The zero-order valence-electron chi connectivity index (χ0n) is 7.78. The summed E-state index contributed by atoms with van der Waals surface area (Å²) in [5, 5.41) is 14.1. The molecule has 2 unspecified atom stereocenters. The molecule has 1 saturated heterocycles. The third-order valence-corrected chi connectivity index (χ3v) is 4.35. The van der Waals surface area contributed by atoms with E-state index < -0.39 is 0 Å². The van der Waals surface area contributed by atoms with Crippen molar-refractivity contribution in [3.8, 4) is 0 Å². The maximum absolute atomic E-state index is 10.1. The molecular weight excluding hydrogens is 264 g/mol. The predicted octanol–water partition coefficient (Wildman–Crippen LogP) is 2.97. The second-order valence-corrected chi connectivity index (χ2v) is 5.20. The summed E-state index contributed by atoms with van der Waals surface area (Å²) >= 11 is 5.05. The first-order valence-electron chi connectivity index (χ1n) is 4.76. The number of aliphatic hydroxyl groups excluding tert-OH is 1. The van der Waals surface area contributed by atoms with Crippen molar-refractivity contribution in [2.75, 3.05) is 13.2 Å². The fourth-order valence-electron chi connectivity index (χ4n) is 1.77. The molecule has 1 aromatic rings. The number of thiophene rings is 1. The molecule has 0 amide bonds. The summed E-state index contributed by atoms with van der Waals surface area (Å²) in [5.74, 6) is 0.259. The highest BCUT2D eigenvalue weighted by atomic mass is 79.9. The second kappa shape index (κ2) is 4.75. The van der Waals surface area contributed by atoms with Crippen molar-refractivity contribution in [3.63, 3.8) is 0 Å². The maximum atomic E-state index is 10.1. The quantitative estimate of drug-likeness (QED) is 0.900. The van der Waals surface area contributed by atoms with Crippen molar-refractivity contribution in [1.82, 2.24) is 0 Å². The molecule has 4 heteroatoms. The summed E-state index contributed by atoms with van der Waals surface area (Å²) in [5.41, 5.74) is 1.01.